The van der Waals surface area contributed by atoms with Crippen LogP contribution in [0.15, 0.2) is 24.3 Å². The first-order valence-corrected chi connectivity index (χ1v) is 7.41. The largest absolute Gasteiger partial charge is 0.216 e. The molecular formula is C12H18ClNO2S. The topological polar surface area (TPSA) is 46.2 Å². The standard InChI is InChI=1S/C12H18ClNO2S/c1-12(2,3)17(15,16)14-9-11-6-4-10(8-13)5-7-11/h4-7,14H,8-9H2,1-3H3. The van der Waals surface area contributed by atoms with Gasteiger partial charge in [-0.2, -0.15) is 0 Å². The molecule has 0 aromatic heterocycles. The Morgan fingerprint density at radius 1 is 1.12 bits per heavy atom. The minimum Gasteiger partial charge on any atom is -0.212 e. The number of sulfonamides is 1. The summed E-state index contributed by atoms with van der Waals surface area (Å²) < 4.78 is 25.4. The number of benzene rings is 1. The van der Waals surface area contributed by atoms with E-state index in [0.717, 1.165) is 11.1 Å². The zero-order valence-corrected chi connectivity index (χ0v) is 11.9. The normalized spacial score (nSPS) is 12.7. The molecule has 5 heteroatoms. The van der Waals surface area contributed by atoms with Crippen molar-refractivity contribution in [3.05, 3.63) is 35.4 Å². The zero-order valence-electron chi connectivity index (χ0n) is 10.3. The molecule has 0 atom stereocenters. The van der Waals surface area contributed by atoms with Crippen molar-refractivity contribution in [3.63, 3.8) is 0 Å². The Morgan fingerprint density at radius 2 is 1.59 bits per heavy atom. The van der Waals surface area contributed by atoms with Crippen LogP contribution in [0.4, 0.5) is 0 Å². The summed E-state index contributed by atoms with van der Waals surface area (Å²) in [6, 6.07) is 7.55. The van der Waals surface area contributed by atoms with E-state index in [4.69, 9.17) is 11.6 Å². The van der Waals surface area contributed by atoms with Gasteiger partial charge >= 0.3 is 0 Å². The molecule has 0 aliphatic carbocycles. The maximum absolute atomic E-state index is 11.8. The maximum Gasteiger partial charge on any atom is 0.216 e. The molecule has 1 aromatic carbocycles. The first kappa shape index (κ1) is 14.5. The van der Waals surface area contributed by atoms with Crippen LogP contribution in [0.1, 0.15) is 31.9 Å². The van der Waals surface area contributed by atoms with E-state index < -0.39 is 14.8 Å². The molecule has 0 bridgehead atoms. The number of hydrogen-bond donors (Lipinski definition) is 1. The summed E-state index contributed by atoms with van der Waals surface area (Å²) >= 11 is 5.68. The van der Waals surface area contributed by atoms with Gasteiger partial charge in [-0.25, -0.2) is 13.1 Å². The molecule has 0 saturated carbocycles. The van der Waals surface area contributed by atoms with Crippen LogP contribution in [0.5, 0.6) is 0 Å². The second kappa shape index (κ2) is 5.38. The van der Waals surface area contributed by atoms with Crippen LogP contribution in [0.3, 0.4) is 0 Å². The van der Waals surface area contributed by atoms with Crippen molar-refractivity contribution >= 4 is 21.6 Å². The van der Waals surface area contributed by atoms with Gasteiger partial charge in [0.25, 0.3) is 0 Å². The van der Waals surface area contributed by atoms with Crippen molar-refractivity contribution in [3.8, 4) is 0 Å². The van der Waals surface area contributed by atoms with Gasteiger partial charge in [-0.05, 0) is 31.9 Å². The van der Waals surface area contributed by atoms with Crippen molar-refractivity contribution in [2.45, 2.75) is 37.9 Å². The number of nitrogens with one attached hydrogen (secondary N) is 1. The molecule has 3 nitrogen and oxygen atoms in total. The van der Waals surface area contributed by atoms with E-state index in [-0.39, 0.29) is 0 Å². The minimum absolute atomic E-state index is 0.308. The fraction of sp³-hybridized carbons (Fsp3) is 0.500. The van der Waals surface area contributed by atoms with Gasteiger partial charge in [0.05, 0.1) is 4.75 Å². The predicted octanol–water partition coefficient (Wildman–Crippen LogP) is 2.64. The summed E-state index contributed by atoms with van der Waals surface area (Å²) in [5.74, 6) is 0.466. The SMILES string of the molecule is CC(C)(C)S(=O)(=O)NCc1ccc(CCl)cc1. The molecule has 1 N–H and O–H groups in total. The summed E-state index contributed by atoms with van der Waals surface area (Å²) in [7, 11) is -3.29. The number of rotatable bonds is 4. The van der Waals surface area contributed by atoms with Gasteiger partial charge in [0.2, 0.25) is 10.0 Å². The van der Waals surface area contributed by atoms with Crippen LogP contribution in [0.25, 0.3) is 0 Å². The summed E-state index contributed by atoms with van der Waals surface area (Å²) in [4.78, 5) is 0. The summed E-state index contributed by atoms with van der Waals surface area (Å²) in [5.41, 5.74) is 1.95. The molecule has 0 aliphatic heterocycles. The zero-order chi connectivity index (χ0) is 13.1. The van der Waals surface area contributed by atoms with Crippen molar-refractivity contribution < 1.29 is 8.42 Å². The van der Waals surface area contributed by atoms with Crippen molar-refractivity contribution in [1.82, 2.24) is 4.72 Å². The van der Waals surface area contributed by atoms with Gasteiger partial charge in [0.1, 0.15) is 0 Å². The average molecular weight is 276 g/mol. The third-order valence-electron chi connectivity index (χ3n) is 2.45. The van der Waals surface area contributed by atoms with Crippen molar-refractivity contribution in [2.75, 3.05) is 0 Å². The second-order valence-corrected chi connectivity index (χ2v) is 7.67. The molecular weight excluding hydrogens is 258 g/mol. The first-order valence-electron chi connectivity index (χ1n) is 5.39. The van der Waals surface area contributed by atoms with Gasteiger partial charge in [0.15, 0.2) is 0 Å². The van der Waals surface area contributed by atoms with Crippen molar-refractivity contribution in [2.24, 2.45) is 0 Å². The van der Waals surface area contributed by atoms with Crippen LogP contribution >= 0.6 is 11.6 Å². The molecule has 96 valence electrons. The van der Waals surface area contributed by atoms with Gasteiger partial charge in [-0.1, -0.05) is 24.3 Å². The molecule has 0 saturated heterocycles. The van der Waals surface area contributed by atoms with E-state index in [0.29, 0.717) is 12.4 Å². The molecule has 0 heterocycles. The third kappa shape index (κ3) is 3.98. The Balaban J connectivity index is 2.68. The highest BCUT2D eigenvalue weighted by molar-refractivity contribution is 7.90. The molecule has 0 amide bonds. The van der Waals surface area contributed by atoms with Gasteiger partial charge in [-0.15, -0.1) is 11.6 Å². The predicted molar refractivity (Wildman–Crippen MR) is 71.5 cm³/mol. The van der Waals surface area contributed by atoms with Gasteiger partial charge < -0.3 is 0 Å². The molecule has 0 radical (unpaired) electrons. The monoisotopic (exact) mass is 275 g/mol. The maximum atomic E-state index is 11.8. The highest BCUT2D eigenvalue weighted by Gasteiger charge is 2.28. The Morgan fingerprint density at radius 3 is 2.00 bits per heavy atom. The molecule has 0 fully saturated rings. The molecule has 0 spiro atoms. The van der Waals surface area contributed by atoms with Crippen LogP contribution < -0.4 is 4.72 Å². The minimum atomic E-state index is -3.29. The lowest BCUT2D eigenvalue weighted by molar-refractivity contribution is 0.544. The van der Waals surface area contributed by atoms with E-state index in [1.807, 2.05) is 24.3 Å². The molecule has 0 unspecified atom stereocenters. The molecule has 1 aromatic rings. The van der Waals surface area contributed by atoms with Gasteiger partial charge in [0, 0.05) is 12.4 Å². The summed E-state index contributed by atoms with van der Waals surface area (Å²) in [5, 5.41) is 0. The third-order valence-corrected chi connectivity index (χ3v) is 4.90. The Kier molecular flexibility index (Phi) is 4.58. The fourth-order valence-corrected chi connectivity index (χ4v) is 2.11. The van der Waals surface area contributed by atoms with E-state index in [1.54, 1.807) is 20.8 Å². The van der Waals surface area contributed by atoms with Crippen LogP contribution in [-0.2, 0) is 22.4 Å². The van der Waals surface area contributed by atoms with E-state index in [1.165, 1.54) is 0 Å². The summed E-state index contributed by atoms with van der Waals surface area (Å²) in [6.45, 7) is 5.33. The smallest absolute Gasteiger partial charge is 0.212 e. The molecule has 0 aliphatic rings. The van der Waals surface area contributed by atoms with E-state index >= 15 is 0 Å². The lowest BCUT2D eigenvalue weighted by Gasteiger charge is -2.19. The van der Waals surface area contributed by atoms with E-state index in [2.05, 4.69) is 4.72 Å². The second-order valence-electron chi connectivity index (χ2n) is 4.89. The molecule has 17 heavy (non-hydrogen) atoms. The van der Waals surface area contributed by atoms with E-state index in [9.17, 15) is 8.42 Å². The highest BCUT2D eigenvalue weighted by atomic mass is 35.5. The number of alkyl halides is 1. The van der Waals surface area contributed by atoms with Crippen molar-refractivity contribution in [1.29, 1.82) is 0 Å². The van der Waals surface area contributed by atoms with Crippen LogP contribution in [0.2, 0.25) is 0 Å². The number of halogens is 1. The molecule has 1 rings (SSSR count). The van der Waals surface area contributed by atoms with Crippen LogP contribution in [-0.4, -0.2) is 13.2 Å². The quantitative estimate of drug-likeness (QED) is 0.859. The summed E-state index contributed by atoms with van der Waals surface area (Å²) in [6.07, 6.45) is 0. The lowest BCUT2D eigenvalue weighted by atomic mass is 10.1. The first-order chi connectivity index (χ1) is 7.76. The lowest BCUT2D eigenvalue weighted by Crippen LogP contribution is -2.38. The Labute approximate surface area is 108 Å². The van der Waals surface area contributed by atoms with Crippen LogP contribution in [0, 0.1) is 0 Å². The average Bonchev–Trinajstić information content (AvgIpc) is 2.25. The fourth-order valence-electron chi connectivity index (χ4n) is 1.14. The number of hydrogen-bond acceptors (Lipinski definition) is 2. The van der Waals surface area contributed by atoms with Gasteiger partial charge in [-0.3, -0.25) is 0 Å². The Bertz CT molecular complexity index is 460. The Hall–Kier alpha value is -0.580. The highest BCUT2D eigenvalue weighted by Crippen LogP contribution is 2.14.